The Morgan fingerprint density at radius 2 is 2.08 bits per heavy atom. The molecular formula is C9H18N2O2. The fourth-order valence-corrected chi connectivity index (χ4v) is 0.597. The summed E-state index contributed by atoms with van der Waals surface area (Å²) in [6, 6.07) is 0. The minimum Gasteiger partial charge on any atom is -0.478 e. The van der Waals surface area contributed by atoms with E-state index in [1.807, 2.05) is 14.1 Å². The van der Waals surface area contributed by atoms with Crippen LogP contribution in [0.3, 0.4) is 0 Å². The van der Waals surface area contributed by atoms with Gasteiger partial charge in [-0.05, 0) is 27.9 Å². The first-order valence-electron chi connectivity index (χ1n) is 4.16. The van der Waals surface area contributed by atoms with Crippen LogP contribution < -0.4 is 5.32 Å². The van der Waals surface area contributed by atoms with E-state index in [4.69, 9.17) is 5.11 Å². The smallest absolute Gasteiger partial charge is 0.329 e. The summed E-state index contributed by atoms with van der Waals surface area (Å²) < 4.78 is 0. The average molecular weight is 186 g/mol. The van der Waals surface area contributed by atoms with Crippen LogP contribution in [0.1, 0.15) is 13.8 Å². The Hall–Kier alpha value is -1.03. The molecular weight excluding hydrogens is 168 g/mol. The molecule has 0 aliphatic heterocycles. The Kier molecular flexibility index (Phi) is 4.48. The lowest BCUT2D eigenvalue weighted by Crippen LogP contribution is -2.45. The van der Waals surface area contributed by atoms with Gasteiger partial charge < -0.3 is 15.3 Å². The Morgan fingerprint density at radius 3 is 2.46 bits per heavy atom. The number of carbonyl (C=O) groups is 1. The van der Waals surface area contributed by atoms with Crippen LogP contribution in [-0.4, -0.2) is 42.2 Å². The van der Waals surface area contributed by atoms with E-state index >= 15 is 0 Å². The Morgan fingerprint density at radius 1 is 1.54 bits per heavy atom. The summed E-state index contributed by atoms with van der Waals surface area (Å²) in [5.74, 6) is -0.935. The number of hydrogen-bond acceptors (Lipinski definition) is 3. The van der Waals surface area contributed by atoms with Crippen LogP contribution >= 0.6 is 0 Å². The molecule has 2 N–H and O–H groups in total. The van der Waals surface area contributed by atoms with E-state index in [1.54, 1.807) is 0 Å². The number of likely N-dealkylation sites (N-methyl/N-ethyl adjacent to an activating group) is 1. The Bertz CT molecular complexity index is 198. The summed E-state index contributed by atoms with van der Waals surface area (Å²) in [7, 11) is 3.98. The van der Waals surface area contributed by atoms with Crippen molar-refractivity contribution >= 4 is 5.97 Å². The van der Waals surface area contributed by atoms with E-state index in [-0.39, 0.29) is 5.54 Å². The number of hydrogen-bond donors (Lipinski definition) is 2. The first kappa shape index (κ1) is 12.0. The van der Waals surface area contributed by atoms with Crippen molar-refractivity contribution in [2.45, 2.75) is 19.4 Å². The van der Waals surface area contributed by atoms with E-state index in [9.17, 15) is 4.79 Å². The summed E-state index contributed by atoms with van der Waals surface area (Å²) in [4.78, 5) is 12.2. The quantitative estimate of drug-likeness (QED) is 0.614. The number of carboxylic acids is 1. The lowest BCUT2D eigenvalue weighted by atomic mass is 10.1. The minimum atomic E-state index is -0.935. The van der Waals surface area contributed by atoms with Crippen LogP contribution in [0.4, 0.5) is 0 Å². The second-order valence-electron chi connectivity index (χ2n) is 3.76. The third-order valence-corrected chi connectivity index (χ3v) is 2.09. The molecule has 76 valence electrons. The van der Waals surface area contributed by atoms with Gasteiger partial charge in [0.2, 0.25) is 0 Å². The van der Waals surface area contributed by atoms with Crippen LogP contribution in [0.2, 0.25) is 0 Å². The van der Waals surface area contributed by atoms with Crippen LogP contribution in [0.15, 0.2) is 12.3 Å². The topological polar surface area (TPSA) is 52.6 Å². The van der Waals surface area contributed by atoms with Crippen molar-refractivity contribution in [1.82, 2.24) is 10.2 Å². The highest BCUT2D eigenvalue weighted by Gasteiger charge is 2.18. The van der Waals surface area contributed by atoms with Gasteiger partial charge in [-0.3, -0.25) is 0 Å². The molecule has 0 heterocycles. The highest BCUT2D eigenvalue weighted by atomic mass is 16.4. The summed E-state index contributed by atoms with van der Waals surface area (Å²) in [5, 5.41) is 11.3. The van der Waals surface area contributed by atoms with Crippen molar-refractivity contribution in [3.05, 3.63) is 12.3 Å². The largest absolute Gasteiger partial charge is 0.478 e. The number of nitrogens with zero attached hydrogens (tertiary/aromatic N) is 1. The number of aliphatic carboxylic acids is 1. The molecule has 0 bridgehead atoms. The molecule has 0 amide bonds. The molecule has 4 heteroatoms. The molecule has 0 radical (unpaired) electrons. The number of nitrogens with one attached hydrogen (secondary N) is 1. The number of carboxylic acid groups (broad SMARTS) is 1. The van der Waals surface area contributed by atoms with Crippen molar-refractivity contribution in [2.75, 3.05) is 20.6 Å². The first-order chi connectivity index (χ1) is 5.86. The molecule has 0 saturated carbocycles. The summed E-state index contributed by atoms with van der Waals surface area (Å²) >= 11 is 0. The van der Waals surface area contributed by atoms with Gasteiger partial charge in [0.1, 0.15) is 0 Å². The van der Waals surface area contributed by atoms with Gasteiger partial charge in [0, 0.05) is 24.4 Å². The van der Waals surface area contributed by atoms with Gasteiger partial charge in [-0.1, -0.05) is 0 Å². The molecule has 0 fully saturated rings. The molecule has 0 unspecified atom stereocenters. The maximum absolute atomic E-state index is 10.1. The maximum Gasteiger partial charge on any atom is 0.329 e. The fraction of sp³-hybridized carbons (Fsp3) is 0.667. The minimum absolute atomic E-state index is 0.0167. The zero-order valence-electron chi connectivity index (χ0n) is 8.66. The van der Waals surface area contributed by atoms with Crippen molar-refractivity contribution < 1.29 is 9.90 Å². The predicted octanol–water partition coefficient (Wildman–Crippen LogP) is 0.514. The van der Waals surface area contributed by atoms with Crippen molar-refractivity contribution in [3.63, 3.8) is 0 Å². The summed E-state index contributed by atoms with van der Waals surface area (Å²) in [6.45, 7) is 4.87. The zero-order valence-corrected chi connectivity index (χ0v) is 8.66. The highest BCUT2D eigenvalue weighted by Crippen LogP contribution is 2.07. The van der Waals surface area contributed by atoms with E-state index < -0.39 is 5.97 Å². The van der Waals surface area contributed by atoms with E-state index in [2.05, 4.69) is 24.1 Å². The molecule has 0 aromatic carbocycles. The lowest BCUT2D eigenvalue weighted by molar-refractivity contribution is -0.131. The van der Waals surface area contributed by atoms with Gasteiger partial charge in [-0.25, -0.2) is 4.79 Å². The number of rotatable bonds is 5. The molecule has 0 aliphatic carbocycles. The zero-order chi connectivity index (χ0) is 10.5. The fourth-order valence-electron chi connectivity index (χ4n) is 0.597. The lowest BCUT2D eigenvalue weighted by Gasteiger charge is -2.32. The summed E-state index contributed by atoms with van der Waals surface area (Å²) in [5.41, 5.74) is 0.0167. The molecule has 0 atom stereocenters. The van der Waals surface area contributed by atoms with Crippen molar-refractivity contribution in [3.8, 4) is 0 Å². The first-order valence-corrected chi connectivity index (χ1v) is 4.16. The second-order valence-corrected chi connectivity index (χ2v) is 3.76. The second kappa shape index (κ2) is 4.87. The van der Waals surface area contributed by atoms with Gasteiger partial charge in [0.25, 0.3) is 0 Å². The Labute approximate surface area is 79.2 Å². The third kappa shape index (κ3) is 5.25. The average Bonchev–Trinajstić information content (AvgIpc) is 1.97. The van der Waals surface area contributed by atoms with E-state index in [0.29, 0.717) is 6.54 Å². The molecule has 13 heavy (non-hydrogen) atoms. The van der Waals surface area contributed by atoms with Crippen LogP contribution in [0.5, 0.6) is 0 Å². The predicted molar refractivity (Wildman–Crippen MR) is 52.5 cm³/mol. The molecule has 0 aromatic rings. The molecule has 0 spiro atoms. The molecule has 0 aliphatic rings. The molecule has 0 saturated heterocycles. The maximum atomic E-state index is 10.1. The van der Waals surface area contributed by atoms with Gasteiger partial charge in [-0.2, -0.15) is 0 Å². The van der Waals surface area contributed by atoms with E-state index in [1.165, 1.54) is 6.20 Å². The van der Waals surface area contributed by atoms with Crippen LogP contribution in [0, 0.1) is 0 Å². The monoisotopic (exact) mass is 186 g/mol. The highest BCUT2D eigenvalue weighted by molar-refractivity contribution is 5.79. The van der Waals surface area contributed by atoms with Crippen LogP contribution in [-0.2, 0) is 4.79 Å². The third-order valence-electron chi connectivity index (χ3n) is 2.09. The van der Waals surface area contributed by atoms with Gasteiger partial charge in [0.05, 0.1) is 0 Å². The van der Waals surface area contributed by atoms with E-state index in [0.717, 1.165) is 6.08 Å². The standard InChI is InChI=1S/C9H18N2O2/c1-9(2,11(3)4)7-10-6-5-8(12)13/h5-6,10H,7H2,1-4H3,(H,12,13)/b6-5+. The summed E-state index contributed by atoms with van der Waals surface area (Å²) in [6.07, 6.45) is 2.54. The van der Waals surface area contributed by atoms with Crippen molar-refractivity contribution in [1.29, 1.82) is 0 Å². The normalized spacial score (nSPS) is 12.4. The molecule has 4 nitrogen and oxygen atoms in total. The SMILES string of the molecule is CN(C)C(C)(C)CN/C=C/C(=O)O. The van der Waals surface area contributed by atoms with Crippen molar-refractivity contribution in [2.24, 2.45) is 0 Å². The van der Waals surface area contributed by atoms with Gasteiger partial charge in [0.15, 0.2) is 0 Å². The molecule has 0 aromatic heterocycles. The molecule has 0 rings (SSSR count). The Balaban J connectivity index is 3.82. The van der Waals surface area contributed by atoms with Gasteiger partial charge >= 0.3 is 5.97 Å². The van der Waals surface area contributed by atoms with Gasteiger partial charge in [-0.15, -0.1) is 0 Å². The van der Waals surface area contributed by atoms with Crippen LogP contribution in [0.25, 0.3) is 0 Å².